The quantitative estimate of drug-likeness (QED) is 0.449. The van der Waals surface area contributed by atoms with Gasteiger partial charge in [-0.2, -0.15) is 4.31 Å². The van der Waals surface area contributed by atoms with E-state index in [1.807, 2.05) is 0 Å². The lowest BCUT2D eigenvalue weighted by Crippen LogP contribution is -2.34. The number of nitrogens with one attached hydrogen (secondary N) is 1. The van der Waals surface area contributed by atoms with E-state index < -0.39 is 10.0 Å². The zero-order chi connectivity index (χ0) is 24.7. The van der Waals surface area contributed by atoms with Gasteiger partial charge in [0, 0.05) is 26.7 Å². The number of aryl methyl sites for hydroxylation is 2. The van der Waals surface area contributed by atoms with Crippen LogP contribution in [0.5, 0.6) is 5.75 Å². The van der Waals surface area contributed by atoms with Crippen LogP contribution in [-0.4, -0.2) is 83.6 Å². The molecule has 1 aliphatic carbocycles. The predicted molar refractivity (Wildman–Crippen MR) is 133 cm³/mol. The molecule has 9 heteroatoms. The molecule has 1 N–H and O–H groups in total. The van der Waals surface area contributed by atoms with Gasteiger partial charge in [0.2, 0.25) is 15.9 Å². The number of ether oxygens (including phenoxy) is 2. The molecule has 0 radical (unpaired) electrons. The Labute approximate surface area is 205 Å². The van der Waals surface area contributed by atoms with Crippen LogP contribution in [0.2, 0.25) is 0 Å². The van der Waals surface area contributed by atoms with Gasteiger partial charge in [-0.05, 0) is 94.1 Å². The standard InChI is InChI=1S/C25H41N3O5S/c1-19-13-23(32-4)14-20(2)25(19)34(30,31)27(3)11-12-33-18-24(29)26-16-21-7-8-22(15-21)17-28-9-5-6-10-28/h13-14,21-22H,5-12,15-18H2,1-4H3,(H,26,29). The molecule has 0 aromatic heterocycles. The second-order valence-electron chi connectivity index (χ2n) is 9.83. The zero-order valence-electron chi connectivity index (χ0n) is 21.1. The number of rotatable bonds is 12. The Morgan fingerprint density at radius 2 is 1.79 bits per heavy atom. The first-order chi connectivity index (χ1) is 16.2. The van der Waals surface area contributed by atoms with Gasteiger partial charge in [0.05, 0.1) is 18.6 Å². The van der Waals surface area contributed by atoms with Crippen molar-refractivity contribution in [3.63, 3.8) is 0 Å². The summed E-state index contributed by atoms with van der Waals surface area (Å²) in [6, 6.07) is 3.43. The Morgan fingerprint density at radius 3 is 2.44 bits per heavy atom. The fourth-order valence-electron chi connectivity index (χ4n) is 5.24. The van der Waals surface area contributed by atoms with Crippen LogP contribution in [0.3, 0.4) is 0 Å². The number of carbonyl (C=O) groups is 1. The van der Waals surface area contributed by atoms with E-state index in [-0.39, 0.29) is 30.6 Å². The Balaban J connectivity index is 1.35. The first-order valence-electron chi connectivity index (χ1n) is 12.4. The van der Waals surface area contributed by atoms with Gasteiger partial charge in [-0.25, -0.2) is 8.42 Å². The van der Waals surface area contributed by atoms with Gasteiger partial charge in [-0.3, -0.25) is 4.79 Å². The van der Waals surface area contributed by atoms with E-state index in [1.165, 1.54) is 63.1 Å². The minimum Gasteiger partial charge on any atom is -0.497 e. The van der Waals surface area contributed by atoms with Crippen LogP contribution < -0.4 is 10.1 Å². The molecule has 0 spiro atoms. The first kappa shape index (κ1) is 26.9. The first-order valence-corrected chi connectivity index (χ1v) is 13.8. The normalized spacial score (nSPS) is 21.3. The van der Waals surface area contributed by atoms with E-state index in [0.717, 1.165) is 5.92 Å². The Morgan fingerprint density at radius 1 is 1.15 bits per heavy atom. The van der Waals surface area contributed by atoms with Crippen molar-refractivity contribution in [1.82, 2.24) is 14.5 Å². The van der Waals surface area contributed by atoms with Crippen LogP contribution in [0.1, 0.15) is 43.2 Å². The number of methoxy groups -OCH3 is 1. The van der Waals surface area contributed by atoms with E-state index in [9.17, 15) is 13.2 Å². The summed E-state index contributed by atoms with van der Waals surface area (Å²) in [6.45, 7) is 8.17. The maximum Gasteiger partial charge on any atom is 0.246 e. The van der Waals surface area contributed by atoms with Gasteiger partial charge in [-0.1, -0.05) is 0 Å². The molecular weight excluding hydrogens is 454 g/mol. The van der Waals surface area contributed by atoms with E-state index >= 15 is 0 Å². The Bertz CT molecular complexity index is 907. The monoisotopic (exact) mass is 495 g/mol. The summed E-state index contributed by atoms with van der Waals surface area (Å²) in [7, 11) is -0.582. The summed E-state index contributed by atoms with van der Waals surface area (Å²) >= 11 is 0. The van der Waals surface area contributed by atoms with Gasteiger partial charge >= 0.3 is 0 Å². The lowest BCUT2D eigenvalue weighted by atomic mass is 10.0. The zero-order valence-corrected chi connectivity index (χ0v) is 22.0. The highest BCUT2D eigenvalue weighted by molar-refractivity contribution is 7.89. The SMILES string of the molecule is COc1cc(C)c(S(=O)(=O)N(C)CCOCC(=O)NCC2CCC(CN3CCCC3)C2)c(C)c1. The number of hydrogen-bond acceptors (Lipinski definition) is 6. The summed E-state index contributed by atoms with van der Waals surface area (Å²) in [6.07, 6.45) is 6.27. The van der Waals surface area contributed by atoms with Gasteiger partial charge in [0.15, 0.2) is 0 Å². The minimum atomic E-state index is -3.67. The number of benzene rings is 1. The maximum absolute atomic E-state index is 13.0. The second kappa shape index (κ2) is 12.3. The van der Waals surface area contributed by atoms with Crippen LogP contribution in [0, 0.1) is 25.7 Å². The fourth-order valence-corrected chi connectivity index (χ4v) is 6.80. The van der Waals surface area contributed by atoms with Crippen molar-refractivity contribution in [1.29, 1.82) is 0 Å². The van der Waals surface area contributed by atoms with Crippen molar-refractivity contribution >= 4 is 15.9 Å². The van der Waals surface area contributed by atoms with Crippen molar-refractivity contribution in [2.75, 3.05) is 60.1 Å². The number of nitrogens with zero attached hydrogens (tertiary/aromatic N) is 2. The van der Waals surface area contributed by atoms with Gasteiger partial charge < -0.3 is 19.7 Å². The summed E-state index contributed by atoms with van der Waals surface area (Å²) < 4.78 is 38.0. The van der Waals surface area contributed by atoms with E-state index in [4.69, 9.17) is 9.47 Å². The third-order valence-corrected chi connectivity index (χ3v) is 9.24. The van der Waals surface area contributed by atoms with Gasteiger partial charge in [0.25, 0.3) is 0 Å². The lowest BCUT2D eigenvalue weighted by Gasteiger charge is -2.20. The van der Waals surface area contributed by atoms with Crippen molar-refractivity contribution in [2.45, 2.75) is 50.8 Å². The highest BCUT2D eigenvalue weighted by Crippen LogP contribution is 2.32. The second-order valence-corrected chi connectivity index (χ2v) is 11.8. The third-order valence-electron chi connectivity index (χ3n) is 7.07. The fraction of sp³-hybridized carbons (Fsp3) is 0.720. The molecule has 192 valence electrons. The third kappa shape index (κ3) is 7.16. The number of hydrogen-bond donors (Lipinski definition) is 1. The van der Waals surface area contributed by atoms with Crippen LogP contribution in [-0.2, 0) is 19.6 Å². The molecule has 1 saturated heterocycles. The van der Waals surface area contributed by atoms with Gasteiger partial charge in [-0.15, -0.1) is 0 Å². The van der Waals surface area contributed by atoms with E-state index in [2.05, 4.69) is 10.2 Å². The molecule has 2 aliphatic rings. The molecule has 3 rings (SSSR count). The highest BCUT2D eigenvalue weighted by atomic mass is 32.2. The minimum absolute atomic E-state index is 0.0571. The molecule has 2 atom stereocenters. The molecule has 2 unspecified atom stereocenters. The molecule has 34 heavy (non-hydrogen) atoms. The largest absolute Gasteiger partial charge is 0.497 e. The molecule has 1 aromatic rings. The summed E-state index contributed by atoms with van der Waals surface area (Å²) in [5, 5.41) is 2.99. The summed E-state index contributed by atoms with van der Waals surface area (Å²) in [4.78, 5) is 15.0. The molecule has 8 nitrogen and oxygen atoms in total. The maximum atomic E-state index is 13.0. The van der Waals surface area contributed by atoms with E-state index in [0.29, 0.717) is 29.3 Å². The summed E-state index contributed by atoms with van der Waals surface area (Å²) in [5.74, 6) is 1.79. The summed E-state index contributed by atoms with van der Waals surface area (Å²) in [5.41, 5.74) is 1.28. The molecule has 1 aliphatic heterocycles. The number of amides is 1. The molecule has 1 heterocycles. The van der Waals surface area contributed by atoms with Gasteiger partial charge in [0.1, 0.15) is 12.4 Å². The van der Waals surface area contributed by atoms with E-state index in [1.54, 1.807) is 33.1 Å². The van der Waals surface area contributed by atoms with Crippen LogP contribution in [0.4, 0.5) is 0 Å². The van der Waals surface area contributed by atoms with Crippen LogP contribution in [0.15, 0.2) is 17.0 Å². The number of likely N-dealkylation sites (N-methyl/N-ethyl adjacent to an activating group) is 1. The molecule has 1 amide bonds. The number of sulfonamides is 1. The van der Waals surface area contributed by atoms with Crippen LogP contribution >= 0.6 is 0 Å². The van der Waals surface area contributed by atoms with Crippen LogP contribution in [0.25, 0.3) is 0 Å². The van der Waals surface area contributed by atoms with Crippen molar-refractivity contribution in [3.8, 4) is 5.75 Å². The lowest BCUT2D eigenvalue weighted by molar-refractivity contribution is -0.125. The van der Waals surface area contributed by atoms with Crippen molar-refractivity contribution in [3.05, 3.63) is 23.3 Å². The van der Waals surface area contributed by atoms with Crippen molar-refractivity contribution < 1.29 is 22.7 Å². The van der Waals surface area contributed by atoms with Crippen molar-refractivity contribution in [2.24, 2.45) is 11.8 Å². The molecule has 1 aromatic carbocycles. The Kier molecular flexibility index (Phi) is 9.76. The highest BCUT2D eigenvalue weighted by Gasteiger charge is 2.28. The average molecular weight is 496 g/mol. The Hall–Kier alpha value is -1.68. The topological polar surface area (TPSA) is 88.2 Å². The molecule has 2 fully saturated rings. The number of carbonyl (C=O) groups excluding carboxylic acids is 1. The molecular formula is C25H41N3O5S. The average Bonchev–Trinajstić information content (AvgIpc) is 3.46. The molecule has 0 bridgehead atoms. The predicted octanol–water partition coefficient (Wildman–Crippen LogP) is 2.58. The number of likely N-dealkylation sites (tertiary alicyclic amines) is 1. The molecule has 1 saturated carbocycles. The smallest absolute Gasteiger partial charge is 0.246 e.